The predicted octanol–water partition coefficient (Wildman–Crippen LogP) is 2.20. The van der Waals surface area contributed by atoms with Gasteiger partial charge >= 0.3 is 0 Å². The fraction of sp³-hybridized carbons (Fsp3) is 0.500. The van der Waals surface area contributed by atoms with Gasteiger partial charge < -0.3 is 11.1 Å². The Hall–Kier alpha value is -1.10. The zero-order valence-electron chi connectivity index (χ0n) is 11.7. The highest BCUT2D eigenvalue weighted by Gasteiger charge is 2.19. The second-order valence-electron chi connectivity index (χ2n) is 5.60. The SMILES string of the molecule is CN(CC(=O)Nc1cccc(Cl)c1)CC(C)(C)CN. The van der Waals surface area contributed by atoms with Crippen LogP contribution in [0.3, 0.4) is 0 Å². The van der Waals surface area contributed by atoms with Crippen LogP contribution in [0.4, 0.5) is 5.69 Å². The van der Waals surface area contributed by atoms with Crippen molar-refractivity contribution in [2.75, 3.05) is 32.0 Å². The van der Waals surface area contributed by atoms with Crippen molar-refractivity contribution in [1.29, 1.82) is 0 Å². The molecule has 0 aromatic heterocycles. The Labute approximate surface area is 119 Å². The zero-order valence-corrected chi connectivity index (χ0v) is 12.5. The van der Waals surface area contributed by atoms with Gasteiger partial charge in [-0.15, -0.1) is 0 Å². The summed E-state index contributed by atoms with van der Waals surface area (Å²) < 4.78 is 0. The van der Waals surface area contributed by atoms with Crippen LogP contribution >= 0.6 is 11.6 Å². The summed E-state index contributed by atoms with van der Waals surface area (Å²) >= 11 is 5.86. The molecule has 5 heteroatoms. The molecule has 0 unspecified atom stereocenters. The Morgan fingerprint density at radius 1 is 1.47 bits per heavy atom. The molecular formula is C14H22ClN3O. The molecule has 0 spiro atoms. The molecule has 0 heterocycles. The van der Waals surface area contributed by atoms with E-state index in [1.807, 2.05) is 18.0 Å². The van der Waals surface area contributed by atoms with Crippen LogP contribution in [0, 0.1) is 5.41 Å². The lowest BCUT2D eigenvalue weighted by Crippen LogP contribution is -2.40. The molecule has 0 atom stereocenters. The van der Waals surface area contributed by atoms with Gasteiger partial charge in [-0.25, -0.2) is 0 Å². The molecular weight excluding hydrogens is 262 g/mol. The number of carbonyl (C=O) groups excluding carboxylic acids is 1. The number of hydrogen-bond donors (Lipinski definition) is 2. The molecule has 0 fully saturated rings. The van der Waals surface area contributed by atoms with Crippen LogP contribution < -0.4 is 11.1 Å². The van der Waals surface area contributed by atoms with Crippen molar-refractivity contribution in [3.05, 3.63) is 29.3 Å². The number of nitrogens with one attached hydrogen (secondary N) is 1. The van der Waals surface area contributed by atoms with E-state index in [4.69, 9.17) is 17.3 Å². The minimum atomic E-state index is -0.0578. The van der Waals surface area contributed by atoms with Crippen molar-refractivity contribution < 1.29 is 4.79 Å². The van der Waals surface area contributed by atoms with E-state index in [1.54, 1.807) is 18.2 Å². The van der Waals surface area contributed by atoms with Gasteiger partial charge in [0.25, 0.3) is 0 Å². The van der Waals surface area contributed by atoms with Crippen molar-refractivity contribution in [3.63, 3.8) is 0 Å². The summed E-state index contributed by atoms with van der Waals surface area (Å²) in [7, 11) is 1.91. The first-order chi connectivity index (χ1) is 8.82. The van der Waals surface area contributed by atoms with Gasteiger partial charge in [-0.2, -0.15) is 0 Å². The number of likely N-dealkylation sites (N-methyl/N-ethyl adjacent to an activating group) is 1. The lowest BCUT2D eigenvalue weighted by molar-refractivity contribution is -0.117. The van der Waals surface area contributed by atoms with E-state index in [9.17, 15) is 4.79 Å². The summed E-state index contributed by atoms with van der Waals surface area (Å²) in [6.07, 6.45) is 0. The van der Waals surface area contributed by atoms with E-state index < -0.39 is 0 Å². The van der Waals surface area contributed by atoms with Crippen LogP contribution in [0.2, 0.25) is 5.02 Å². The predicted molar refractivity (Wildman–Crippen MR) is 80.4 cm³/mol. The van der Waals surface area contributed by atoms with Crippen LogP contribution in [0.25, 0.3) is 0 Å². The lowest BCUT2D eigenvalue weighted by Gasteiger charge is -2.28. The minimum absolute atomic E-state index is 0.00504. The fourth-order valence-corrected chi connectivity index (χ4v) is 2.05. The number of benzene rings is 1. The van der Waals surface area contributed by atoms with Crippen molar-refractivity contribution in [1.82, 2.24) is 4.90 Å². The van der Waals surface area contributed by atoms with Gasteiger partial charge in [0.1, 0.15) is 0 Å². The smallest absolute Gasteiger partial charge is 0.238 e. The Morgan fingerprint density at radius 2 is 2.16 bits per heavy atom. The Kier molecular flexibility index (Phi) is 5.79. The summed E-state index contributed by atoms with van der Waals surface area (Å²) in [5, 5.41) is 3.43. The van der Waals surface area contributed by atoms with E-state index in [-0.39, 0.29) is 11.3 Å². The third-order valence-electron chi connectivity index (χ3n) is 2.77. The fourth-order valence-electron chi connectivity index (χ4n) is 1.86. The molecule has 0 aliphatic carbocycles. The number of anilines is 1. The normalized spacial score (nSPS) is 11.7. The van der Waals surface area contributed by atoms with E-state index in [0.29, 0.717) is 23.8 Å². The molecule has 0 aliphatic rings. The van der Waals surface area contributed by atoms with Gasteiger partial charge in [-0.3, -0.25) is 9.69 Å². The highest BCUT2D eigenvalue weighted by molar-refractivity contribution is 6.30. The van der Waals surface area contributed by atoms with Crippen LogP contribution in [0.1, 0.15) is 13.8 Å². The summed E-state index contributed by atoms with van der Waals surface area (Å²) in [5.41, 5.74) is 6.40. The molecule has 3 N–H and O–H groups in total. The first-order valence-corrected chi connectivity index (χ1v) is 6.64. The number of halogens is 1. The molecule has 19 heavy (non-hydrogen) atoms. The highest BCUT2D eigenvalue weighted by atomic mass is 35.5. The van der Waals surface area contributed by atoms with Gasteiger partial charge in [0, 0.05) is 17.3 Å². The van der Waals surface area contributed by atoms with E-state index in [1.165, 1.54) is 0 Å². The monoisotopic (exact) mass is 283 g/mol. The molecule has 0 saturated carbocycles. The molecule has 0 aliphatic heterocycles. The maximum absolute atomic E-state index is 11.9. The van der Waals surface area contributed by atoms with Crippen LogP contribution in [0.15, 0.2) is 24.3 Å². The zero-order chi connectivity index (χ0) is 14.5. The van der Waals surface area contributed by atoms with E-state index >= 15 is 0 Å². The molecule has 1 aromatic carbocycles. The number of nitrogens with two attached hydrogens (primary N) is 1. The molecule has 0 saturated heterocycles. The maximum Gasteiger partial charge on any atom is 0.238 e. The molecule has 1 aromatic rings. The summed E-state index contributed by atoms with van der Waals surface area (Å²) in [5.74, 6) is -0.0578. The van der Waals surface area contributed by atoms with Crippen molar-refractivity contribution in [3.8, 4) is 0 Å². The topological polar surface area (TPSA) is 58.4 Å². The quantitative estimate of drug-likeness (QED) is 0.841. The van der Waals surface area contributed by atoms with E-state index in [2.05, 4.69) is 19.2 Å². The average Bonchev–Trinajstić information content (AvgIpc) is 2.27. The Bertz CT molecular complexity index is 434. The van der Waals surface area contributed by atoms with Crippen LogP contribution in [-0.4, -0.2) is 37.5 Å². The van der Waals surface area contributed by atoms with Gasteiger partial charge in [-0.05, 0) is 37.2 Å². The average molecular weight is 284 g/mol. The molecule has 1 rings (SSSR count). The summed E-state index contributed by atoms with van der Waals surface area (Å²) in [6, 6.07) is 7.11. The third kappa shape index (κ3) is 6.05. The number of carbonyl (C=O) groups is 1. The van der Waals surface area contributed by atoms with Crippen LogP contribution in [0.5, 0.6) is 0 Å². The number of hydrogen-bond acceptors (Lipinski definition) is 3. The minimum Gasteiger partial charge on any atom is -0.330 e. The summed E-state index contributed by atoms with van der Waals surface area (Å²) in [6.45, 7) is 5.85. The van der Waals surface area contributed by atoms with Gasteiger partial charge in [0.2, 0.25) is 5.91 Å². The van der Waals surface area contributed by atoms with Crippen molar-refractivity contribution in [2.45, 2.75) is 13.8 Å². The van der Waals surface area contributed by atoms with Gasteiger partial charge in [0.15, 0.2) is 0 Å². The summed E-state index contributed by atoms with van der Waals surface area (Å²) in [4.78, 5) is 13.8. The lowest BCUT2D eigenvalue weighted by atomic mass is 9.93. The number of nitrogens with zero attached hydrogens (tertiary/aromatic N) is 1. The second-order valence-corrected chi connectivity index (χ2v) is 6.04. The first-order valence-electron chi connectivity index (χ1n) is 6.26. The molecule has 106 valence electrons. The molecule has 1 amide bonds. The Balaban J connectivity index is 2.47. The van der Waals surface area contributed by atoms with E-state index in [0.717, 1.165) is 6.54 Å². The first kappa shape index (κ1) is 16.0. The van der Waals surface area contributed by atoms with Crippen molar-refractivity contribution >= 4 is 23.2 Å². The number of rotatable bonds is 6. The van der Waals surface area contributed by atoms with Gasteiger partial charge in [-0.1, -0.05) is 31.5 Å². The molecule has 0 radical (unpaired) electrons. The Morgan fingerprint density at radius 3 is 2.74 bits per heavy atom. The number of amides is 1. The molecule has 0 bridgehead atoms. The van der Waals surface area contributed by atoms with Gasteiger partial charge in [0.05, 0.1) is 6.54 Å². The maximum atomic E-state index is 11.9. The second kappa shape index (κ2) is 6.89. The molecule has 4 nitrogen and oxygen atoms in total. The standard InChI is InChI=1S/C14H22ClN3O/c1-14(2,9-16)10-18(3)8-13(19)17-12-6-4-5-11(15)7-12/h4-7H,8-10,16H2,1-3H3,(H,17,19). The van der Waals surface area contributed by atoms with Crippen molar-refractivity contribution in [2.24, 2.45) is 11.1 Å². The highest BCUT2D eigenvalue weighted by Crippen LogP contribution is 2.16. The largest absolute Gasteiger partial charge is 0.330 e. The van der Waals surface area contributed by atoms with Crippen LogP contribution in [-0.2, 0) is 4.79 Å². The third-order valence-corrected chi connectivity index (χ3v) is 3.01.